The molecule has 0 bridgehead atoms. The summed E-state index contributed by atoms with van der Waals surface area (Å²) in [6.45, 7) is 5.89. The minimum absolute atomic E-state index is 0.234. The van der Waals surface area contributed by atoms with Crippen LogP contribution in [0.3, 0.4) is 0 Å². The summed E-state index contributed by atoms with van der Waals surface area (Å²) in [5.74, 6) is -0.0601. The van der Waals surface area contributed by atoms with E-state index in [-0.39, 0.29) is 5.41 Å². The van der Waals surface area contributed by atoms with Crippen LogP contribution in [0.15, 0.2) is 18.2 Å². The lowest BCUT2D eigenvalue weighted by molar-refractivity contribution is -0.138. The van der Waals surface area contributed by atoms with Gasteiger partial charge < -0.3 is 9.62 Å². The van der Waals surface area contributed by atoms with E-state index in [4.69, 9.17) is 5.26 Å². The van der Waals surface area contributed by atoms with E-state index in [1.54, 1.807) is 18.2 Å². The first kappa shape index (κ1) is 12.5. The molecule has 1 rings (SSSR count). The van der Waals surface area contributed by atoms with Crippen LogP contribution in [0.2, 0.25) is 0 Å². The summed E-state index contributed by atoms with van der Waals surface area (Å²) in [7, 11) is 1.33. The van der Waals surface area contributed by atoms with Crippen molar-refractivity contribution in [3.8, 4) is 5.75 Å². The summed E-state index contributed by atoms with van der Waals surface area (Å²) in [6, 6.07) is 4.76. The first-order valence-corrected chi connectivity index (χ1v) is 4.94. The molecule has 0 unspecified atom stereocenters. The van der Waals surface area contributed by atoms with Crippen LogP contribution in [0, 0.1) is 0 Å². The van der Waals surface area contributed by atoms with Gasteiger partial charge >= 0.3 is 5.97 Å². The van der Waals surface area contributed by atoms with E-state index in [9.17, 15) is 4.79 Å². The molecule has 0 heterocycles. The first-order chi connectivity index (χ1) is 7.40. The fourth-order valence-corrected chi connectivity index (χ4v) is 1.44. The molecule has 0 saturated heterocycles. The molecule has 16 heavy (non-hydrogen) atoms. The fraction of sp³-hybridized carbons (Fsp3) is 0.417. The highest BCUT2D eigenvalue weighted by Gasteiger charge is 2.21. The van der Waals surface area contributed by atoms with Crippen LogP contribution in [-0.2, 0) is 10.2 Å². The van der Waals surface area contributed by atoms with E-state index >= 15 is 0 Å². The first-order valence-electron chi connectivity index (χ1n) is 4.94. The van der Waals surface area contributed by atoms with Crippen molar-refractivity contribution in [3.63, 3.8) is 0 Å². The quantitative estimate of drug-likeness (QED) is 0.476. The maximum atomic E-state index is 11.4. The molecule has 1 aromatic rings. The smallest absolute Gasteiger partial charge is 0.337 e. The second-order valence-electron chi connectivity index (χ2n) is 4.54. The predicted molar refractivity (Wildman–Crippen MR) is 59.7 cm³/mol. The molecule has 0 aliphatic carbocycles. The Labute approximate surface area is 94.7 Å². The topological polar surface area (TPSA) is 55.8 Å². The van der Waals surface area contributed by atoms with Crippen molar-refractivity contribution in [3.05, 3.63) is 29.3 Å². The van der Waals surface area contributed by atoms with Crippen molar-refractivity contribution in [1.82, 2.24) is 0 Å². The largest absolute Gasteiger partial charge is 0.465 e. The highest BCUT2D eigenvalue weighted by Crippen LogP contribution is 2.32. The zero-order valence-electron chi connectivity index (χ0n) is 9.90. The third kappa shape index (κ3) is 2.52. The molecule has 0 spiro atoms. The molecule has 4 nitrogen and oxygen atoms in total. The molecule has 0 radical (unpaired) electrons. The maximum absolute atomic E-state index is 11.4. The molecule has 88 valence electrons. The van der Waals surface area contributed by atoms with Crippen LogP contribution in [0.4, 0.5) is 0 Å². The lowest BCUT2D eigenvalue weighted by atomic mass is 9.85. The van der Waals surface area contributed by atoms with Crippen molar-refractivity contribution in [2.45, 2.75) is 26.2 Å². The molecule has 0 aliphatic heterocycles. The summed E-state index contributed by atoms with van der Waals surface area (Å²) in [4.78, 5) is 15.7. The van der Waals surface area contributed by atoms with E-state index in [0.29, 0.717) is 11.3 Å². The van der Waals surface area contributed by atoms with E-state index in [0.717, 1.165) is 5.56 Å². The van der Waals surface area contributed by atoms with Crippen LogP contribution in [0.1, 0.15) is 36.7 Å². The summed E-state index contributed by atoms with van der Waals surface area (Å²) in [5, 5.41) is 8.75. The number of rotatable bonds is 2. The Morgan fingerprint density at radius 2 is 1.94 bits per heavy atom. The highest BCUT2D eigenvalue weighted by molar-refractivity contribution is 5.89. The number of hydrogen-bond donors (Lipinski definition) is 1. The molecule has 0 aliphatic rings. The third-order valence-corrected chi connectivity index (χ3v) is 2.31. The summed E-state index contributed by atoms with van der Waals surface area (Å²) in [5.41, 5.74) is 0.952. The van der Waals surface area contributed by atoms with Gasteiger partial charge in [-0.3, -0.25) is 0 Å². The molecule has 0 aromatic heterocycles. The molecule has 0 amide bonds. The summed E-state index contributed by atoms with van der Waals surface area (Å²) in [6.07, 6.45) is 0. The fourth-order valence-electron chi connectivity index (χ4n) is 1.44. The van der Waals surface area contributed by atoms with E-state index in [1.165, 1.54) is 7.11 Å². The van der Waals surface area contributed by atoms with Gasteiger partial charge in [0.15, 0.2) is 5.75 Å². The Morgan fingerprint density at radius 3 is 2.38 bits per heavy atom. The highest BCUT2D eigenvalue weighted by atomic mass is 17.1. The van der Waals surface area contributed by atoms with Gasteiger partial charge in [-0.05, 0) is 23.6 Å². The zero-order chi connectivity index (χ0) is 12.3. The van der Waals surface area contributed by atoms with Gasteiger partial charge in [-0.25, -0.2) is 10.1 Å². The van der Waals surface area contributed by atoms with Gasteiger partial charge in [-0.1, -0.05) is 20.8 Å². The van der Waals surface area contributed by atoms with Crippen molar-refractivity contribution in [1.29, 1.82) is 0 Å². The number of methoxy groups -OCH3 is 1. The van der Waals surface area contributed by atoms with Crippen molar-refractivity contribution in [2.24, 2.45) is 0 Å². The number of hydrogen-bond acceptors (Lipinski definition) is 4. The van der Waals surface area contributed by atoms with E-state index < -0.39 is 5.97 Å². The monoisotopic (exact) mass is 224 g/mol. The van der Waals surface area contributed by atoms with Crippen molar-refractivity contribution >= 4 is 5.97 Å². The van der Waals surface area contributed by atoms with Crippen LogP contribution in [-0.4, -0.2) is 18.3 Å². The predicted octanol–water partition coefficient (Wildman–Crippen LogP) is 2.62. The molecular weight excluding hydrogens is 208 g/mol. The van der Waals surface area contributed by atoms with Gasteiger partial charge in [0.2, 0.25) is 0 Å². The molecule has 4 heteroatoms. The SMILES string of the molecule is COC(=O)c1ccc(OO)c(C(C)(C)C)c1. The number of esters is 1. The lowest BCUT2D eigenvalue weighted by Gasteiger charge is -2.21. The number of benzene rings is 1. The number of ether oxygens (including phenoxy) is 1. The average Bonchev–Trinajstić information content (AvgIpc) is 2.26. The summed E-state index contributed by atoms with van der Waals surface area (Å²) < 4.78 is 4.64. The molecule has 0 saturated carbocycles. The molecular formula is C12H16O4. The Hall–Kier alpha value is -1.55. The Morgan fingerprint density at radius 1 is 1.31 bits per heavy atom. The van der Waals surface area contributed by atoms with Gasteiger partial charge in [0, 0.05) is 5.56 Å². The minimum Gasteiger partial charge on any atom is -0.465 e. The van der Waals surface area contributed by atoms with E-state index in [2.05, 4.69) is 9.62 Å². The van der Waals surface area contributed by atoms with Gasteiger partial charge in [0.25, 0.3) is 0 Å². The van der Waals surface area contributed by atoms with Gasteiger partial charge in [0.05, 0.1) is 12.7 Å². The third-order valence-electron chi connectivity index (χ3n) is 2.31. The Bertz CT molecular complexity index is 390. The van der Waals surface area contributed by atoms with Crippen molar-refractivity contribution in [2.75, 3.05) is 7.11 Å². The van der Waals surface area contributed by atoms with Crippen LogP contribution < -0.4 is 4.89 Å². The lowest BCUT2D eigenvalue weighted by Crippen LogP contribution is -2.14. The standard InChI is InChI=1S/C12H16O4/c1-12(2,3)9-7-8(11(13)15-4)5-6-10(9)16-14/h5-7,14H,1-4H3. The molecule has 1 N–H and O–H groups in total. The number of carbonyl (C=O) groups is 1. The van der Waals surface area contributed by atoms with Gasteiger partial charge in [0.1, 0.15) is 0 Å². The van der Waals surface area contributed by atoms with Crippen molar-refractivity contribution < 1.29 is 19.7 Å². The zero-order valence-corrected chi connectivity index (χ0v) is 9.90. The van der Waals surface area contributed by atoms with Gasteiger partial charge in [-0.15, -0.1) is 0 Å². The Kier molecular flexibility index (Phi) is 3.55. The number of carbonyl (C=O) groups excluding carboxylic acids is 1. The maximum Gasteiger partial charge on any atom is 0.337 e. The van der Waals surface area contributed by atoms with Crippen LogP contribution in [0.5, 0.6) is 5.75 Å². The van der Waals surface area contributed by atoms with E-state index in [1.807, 2.05) is 20.8 Å². The average molecular weight is 224 g/mol. The van der Waals surface area contributed by atoms with Gasteiger partial charge in [-0.2, -0.15) is 0 Å². The Balaban J connectivity index is 3.27. The molecule has 0 fully saturated rings. The molecule has 0 atom stereocenters. The molecule has 1 aromatic carbocycles. The van der Waals surface area contributed by atoms with Crippen LogP contribution >= 0.6 is 0 Å². The minimum atomic E-state index is -0.407. The summed E-state index contributed by atoms with van der Waals surface area (Å²) >= 11 is 0. The van der Waals surface area contributed by atoms with Crippen LogP contribution in [0.25, 0.3) is 0 Å². The normalized spacial score (nSPS) is 11.1. The second-order valence-corrected chi connectivity index (χ2v) is 4.54. The second kappa shape index (κ2) is 4.53.